The van der Waals surface area contributed by atoms with E-state index < -0.39 is 24.5 Å². The average Bonchev–Trinajstić information content (AvgIpc) is 2.44. The minimum atomic E-state index is -2.58. The van der Waals surface area contributed by atoms with Crippen molar-refractivity contribution in [1.82, 2.24) is 5.32 Å². The van der Waals surface area contributed by atoms with Gasteiger partial charge in [0.05, 0.1) is 0 Å². The topological polar surface area (TPSA) is 75.6 Å². The summed E-state index contributed by atoms with van der Waals surface area (Å²) in [5.41, 5.74) is 0.361. The zero-order chi connectivity index (χ0) is 15.8. The van der Waals surface area contributed by atoms with Crippen molar-refractivity contribution in [1.29, 1.82) is 0 Å². The standard InChI is InChI=1S/C14H15F2NO4/c1-2-7-21-14(20)17-11(13(18)19)8-9-3-5-10(6-4-9)12(15)16/h2-6,11-12H,1,7-8H2,(H,17,20)(H,18,19). The third-order valence-electron chi connectivity index (χ3n) is 2.59. The lowest BCUT2D eigenvalue weighted by Gasteiger charge is -2.14. The van der Waals surface area contributed by atoms with Gasteiger partial charge in [-0.25, -0.2) is 18.4 Å². The molecule has 1 rings (SSSR count). The Morgan fingerprint density at radius 2 is 1.95 bits per heavy atom. The maximum Gasteiger partial charge on any atom is 0.408 e. The molecule has 0 aliphatic heterocycles. The van der Waals surface area contributed by atoms with Crippen LogP contribution in [0.2, 0.25) is 0 Å². The number of alkyl halides is 2. The summed E-state index contributed by atoms with van der Waals surface area (Å²) in [5.74, 6) is -1.25. The molecule has 0 fully saturated rings. The van der Waals surface area contributed by atoms with Crippen LogP contribution in [0.15, 0.2) is 36.9 Å². The second-order valence-corrected chi connectivity index (χ2v) is 4.17. The Balaban J connectivity index is 2.67. The number of rotatable bonds is 7. The highest BCUT2D eigenvalue weighted by Gasteiger charge is 2.21. The lowest BCUT2D eigenvalue weighted by molar-refractivity contribution is -0.139. The fourth-order valence-electron chi connectivity index (χ4n) is 1.55. The van der Waals surface area contributed by atoms with Crippen LogP contribution in [-0.4, -0.2) is 29.8 Å². The van der Waals surface area contributed by atoms with Crippen molar-refractivity contribution < 1.29 is 28.2 Å². The van der Waals surface area contributed by atoms with Gasteiger partial charge in [0.1, 0.15) is 12.6 Å². The number of alkyl carbamates (subject to hydrolysis) is 1. The number of carbonyl (C=O) groups excluding carboxylic acids is 1. The second kappa shape index (κ2) is 7.98. The fourth-order valence-corrected chi connectivity index (χ4v) is 1.55. The van der Waals surface area contributed by atoms with E-state index in [0.29, 0.717) is 5.56 Å². The zero-order valence-corrected chi connectivity index (χ0v) is 11.1. The Morgan fingerprint density at radius 3 is 2.43 bits per heavy atom. The largest absolute Gasteiger partial charge is 0.480 e. The van der Waals surface area contributed by atoms with E-state index in [1.165, 1.54) is 30.3 Å². The van der Waals surface area contributed by atoms with Crippen LogP contribution in [0.4, 0.5) is 13.6 Å². The number of nitrogens with one attached hydrogen (secondary N) is 1. The average molecular weight is 299 g/mol. The molecule has 0 spiro atoms. The minimum absolute atomic E-state index is 0.0396. The predicted octanol–water partition coefficient (Wildman–Crippen LogP) is 2.53. The summed E-state index contributed by atoms with van der Waals surface area (Å²) in [6.45, 7) is 3.31. The molecule has 1 amide bonds. The molecule has 0 saturated heterocycles. The normalized spacial score (nSPS) is 11.8. The van der Waals surface area contributed by atoms with Crippen molar-refractivity contribution in [3.05, 3.63) is 48.0 Å². The number of ether oxygens (including phenoxy) is 1. The van der Waals surface area contributed by atoms with Gasteiger partial charge in [0, 0.05) is 12.0 Å². The Hall–Kier alpha value is -2.44. The van der Waals surface area contributed by atoms with Gasteiger partial charge in [0.15, 0.2) is 0 Å². The van der Waals surface area contributed by atoms with Gasteiger partial charge in [-0.2, -0.15) is 0 Å². The van der Waals surface area contributed by atoms with E-state index in [1.54, 1.807) is 0 Å². The van der Waals surface area contributed by atoms with E-state index in [-0.39, 0.29) is 18.6 Å². The molecule has 21 heavy (non-hydrogen) atoms. The summed E-state index contributed by atoms with van der Waals surface area (Å²) in [7, 11) is 0. The monoisotopic (exact) mass is 299 g/mol. The molecular formula is C14H15F2NO4. The fraction of sp³-hybridized carbons (Fsp3) is 0.286. The maximum atomic E-state index is 12.4. The molecule has 1 unspecified atom stereocenters. The van der Waals surface area contributed by atoms with Crippen LogP contribution in [-0.2, 0) is 16.0 Å². The van der Waals surface area contributed by atoms with Crippen LogP contribution in [0.5, 0.6) is 0 Å². The molecule has 0 radical (unpaired) electrons. The van der Waals surface area contributed by atoms with Crippen LogP contribution in [0.1, 0.15) is 17.6 Å². The van der Waals surface area contributed by atoms with Crippen molar-refractivity contribution >= 4 is 12.1 Å². The second-order valence-electron chi connectivity index (χ2n) is 4.17. The third kappa shape index (κ3) is 5.60. The van der Waals surface area contributed by atoms with Crippen LogP contribution < -0.4 is 5.32 Å². The lowest BCUT2D eigenvalue weighted by atomic mass is 10.0. The molecule has 5 nitrogen and oxygen atoms in total. The molecule has 0 heterocycles. The van der Waals surface area contributed by atoms with Crippen molar-refractivity contribution in [2.45, 2.75) is 18.9 Å². The van der Waals surface area contributed by atoms with Gasteiger partial charge in [-0.3, -0.25) is 0 Å². The maximum absolute atomic E-state index is 12.4. The quantitative estimate of drug-likeness (QED) is 0.759. The van der Waals surface area contributed by atoms with Crippen LogP contribution >= 0.6 is 0 Å². The molecule has 114 valence electrons. The Bertz CT molecular complexity index is 502. The highest BCUT2D eigenvalue weighted by atomic mass is 19.3. The van der Waals surface area contributed by atoms with Gasteiger partial charge in [-0.15, -0.1) is 0 Å². The lowest BCUT2D eigenvalue weighted by Crippen LogP contribution is -2.42. The molecule has 7 heteroatoms. The highest BCUT2D eigenvalue weighted by Crippen LogP contribution is 2.19. The van der Waals surface area contributed by atoms with E-state index in [2.05, 4.69) is 16.6 Å². The Kier molecular flexibility index (Phi) is 6.32. The van der Waals surface area contributed by atoms with E-state index in [4.69, 9.17) is 5.11 Å². The van der Waals surface area contributed by atoms with Crippen molar-refractivity contribution in [3.8, 4) is 0 Å². The summed E-state index contributed by atoms with van der Waals surface area (Å²) >= 11 is 0. The first-order chi connectivity index (χ1) is 9.93. The number of carboxylic acid groups (broad SMARTS) is 1. The molecule has 0 aliphatic carbocycles. The highest BCUT2D eigenvalue weighted by molar-refractivity contribution is 5.80. The predicted molar refractivity (Wildman–Crippen MR) is 71.2 cm³/mol. The summed E-state index contributed by atoms with van der Waals surface area (Å²) in [6, 6.07) is 4.02. The SMILES string of the molecule is C=CCOC(=O)NC(Cc1ccc(C(F)F)cc1)C(=O)O. The van der Waals surface area contributed by atoms with E-state index in [1.807, 2.05) is 0 Å². The molecule has 1 atom stereocenters. The summed E-state index contributed by atoms with van der Waals surface area (Å²) < 4.78 is 29.4. The van der Waals surface area contributed by atoms with Crippen LogP contribution in [0, 0.1) is 0 Å². The molecule has 1 aromatic rings. The molecule has 2 N–H and O–H groups in total. The first-order valence-corrected chi connectivity index (χ1v) is 6.08. The number of benzene rings is 1. The molecule has 1 aromatic carbocycles. The van der Waals surface area contributed by atoms with E-state index in [9.17, 15) is 18.4 Å². The summed E-state index contributed by atoms with van der Waals surface area (Å²) in [5, 5.41) is 11.2. The van der Waals surface area contributed by atoms with Crippen LogP contribution in [0.25, 0.3) is 0 Å². The molecule has 0 bridgehead atoms. The van der Waals surface area contributed by atoms with Gasteiger partial charge in [-0.1, -0.05) is 36.9 Å². The van der Waals surface area contributed by atoms with Crippen LogP contribution in [0.3, 0.4) is 0 Å². The van der Waals surface area contributed by atoms with Gasteiger partial charge in [0.2, 0.25) is 0 Å². The van der Waals surface area contributed by atoms with E-state index >= 15 is 0 Å². The smallest absolute Gasteiger partial charge is 0.408 e. The minimum Gasteiger partial charge on any atom is -0.480 e. The van der Waals surface area contributed by atoms with Crippen molar-refractivity contribution in [3.63, 3.8) is 0 Å². The third-order valence-corrected chi connectivity index (χ3v) is 2.59. The molecule has 0 saturated carbocycles. The summed E-state index contributed by atoms with van der Waals surface area (Å²) in [6.07, 6.45) is -2.16. The number of amides is 1. The Labute approximate surface area is 120 Å². The molecule has 0 aromatic heterocycles. The number of hydrogen-bond donors (Lipinski definition) is 2. The number of hydrogen-bond acceptors (Lipinski definition) is 3. The van der Waals surface area contributed by atoms with Gasteiger partial charge >= 0.3 is 12.1 Å². The van der Waals surface area contributed by atoms with Gasteiger partial charge < -0.3 is 15.2 Å². The number of carbonyl (C=O) groups is 2. The number of halogens is 2. The number of carboxylic acids is 1. The van der Waals surface area contributed by atoms with E-state index in [0.717, 1.165) is 0 Å². The first-order valence-electron chi connectivity index (χ1n) is 6.08. The van der Waals surface area contributed by atoms with Crippen molar-refractivity contribution in [2.75, 3.05) is 6.61 Å². The van der Waals surface area contributed by atoms with Gasteiger partial charge in [-0.05, 0) is 5.56 Å². The number of aliphatic carboxylic acids is 1. The van der Waals surface area contributed by atoms with Crippen molar-refractivity contribution in [2.24, 2.45) is 0 Å². The summed E-state index contributed by atoms with van der Waals surface area (Å²) in [4.78, 5) is 22.4. The zero-order valence-electron chi connectivity index (χ0n) is 11.1. The molecule has 0 aliphatic rings. The molecular weight excluding hydrogens is 284 g/mol. The first kappa shape index (κ1) is 16.6. The van der Waals surface area contributed by atoms with Gasteiger partial charge in [0.25, 0.3) is 6.43 Å². The Morgan fingerprint density at radius 1 is 1.33 bits per heavy atom.